The summed E-state index contributed by atoms with van der Waals surface area (Å²) >= 11 is 1.70. The number of carbonyl (C=O) groups is 2. The van der Waals surface area contributed by atoms with Crippen molar-refractivity contribution in [1.29, 1.82) is 0 Å². The maximum absolute atomic E-state index is 12.5. The van der Waals surface area contributed by atoms with Crippen molar-refractivity contribution in [2.24, 2.45) is 5.73 Å². The lowest BCUT2D eigenvalue weighted by Gasteiger charge is -2.14. The largest absolute Gasteiger partial charge is 0.496 e. The van der Waals surface area contributed by atoms with Gasteiger partial charge >= 0.3 is 5.97 Å². The summed E-state index contributed by atoms with van der Waals surface area (Å²) in [5.74, 6) is -0.150. The third-order valence-corrected chi connectivity index (χ3v) is 6.15. The van der Waals surface area contributed by atoms with Gasteiger partial charge in [0, 0.05) is 33.9 Å². The molecule has 0 atom stereocenters. The molecular weight excluding hydrogens is 400 g/mol. The van der Waals surface area contributed by atoms with Gasteiger partial charge in [0.05, 0.1) is 26.2 Å². The van der Waals surface area contributed by atoms with Crippen LogP contribution in [0.15, 0.2) is 41.8 Å². The van der Waals surface area contributed by atoms with E-state index in [2.05, 4.69) is 10.6 Å². The highest BCUT2D eigenvalue weighted by Gasteiger charge is 2.26. The van der Waals surface area contributed by atoms with Crippen molar-refractivity contribution in [3.05, 3.63) is 63.6 Å². The molecular formula is C23H26N2O4S. The first-order chi connectivity index (χ1) is 14.5. The van der Waals surface area contributed by atoms with Crippen molar-refractivity contribution in [2.75, 3.05) is 14.2 Å². The normalized spacial score (nSPS) is 10.8. The van der Waals surface area contributed by atoms with Gasteiger partial charge in [0.15, 0.2) is 0 Å². The van der Waals surface area contributed by atoms with Crippen LogP contribution in [-0.2, 0) is 28.9 Å². The molecule has 0 unspecified atom stereocenters. The first-order valence-electron chi connectivity index (χ1n) is 9.72. The molecule has 1 aromatic carbocycles. The van der Waals surface area contributed by atoms with Crippen LogP contribution in [0.1, 0.15) is 33.0 Å². The van der Waals surface area contributed by atoms with Gasteiger partial charge in [-0.2, -0.15) is 0 Å². The number of primary amides is 1. The van der Waals surface area contributed by atoms with Crippen LogP contribution in [0.2, 0.25) is 0 Å². The number of benzene rings is 1. The summed E-state index contributed by atoms with van der Waals surface area (Å²) in [5, 5.41) is 2.05. The number of aromatic nitrogens is 1. The molecule has 0 aliphatic heterocycles. The number of rotatable bonds is 9. The van der Waals surface area contributed by atoms with E-state index >= 15 is 0 Å². The minimum Gasteiger partial charge on any atom is -0.496 e. The summed E-state index contributed by atoms with van der Waals surface area (Å²) in [6.45, 7) is 2.58. The van der Waals surface area contributed by atoms with E-state index in [1.54, 1.807) is 18.4 Å². The number of thiophene rings is 1. The van der Waals surface area contributed by atoms with Gasteiger partial charge in [0.2, 0.25) is 0 Å². The zero-order chi connectivity index (χ0) is 21.7. The molecule has 0 spiro atoms. The molecule has 7 heteroatoms. The summed E-state index contributed by atoms with van der Waals surface area (Å²) in [6, 6.07) is 11.6. The van der Waals surface area contributed by atoms with Gasteiger partial charge in [0.1, 0.15) is 5.75 Å². The van der Waals surface area contributed by atoms with Crippen LogP contribution < -0.4 is 10.5 Å². The van der Waals surface area contributed by atoms with E-state index in [1.807, 2.05) is 42.6 Å². The summed E-state index contributed by atoms with van der Waals surface area (Å²) in [7, 11) is 2.97. The molecule has 0 saturated carbocycles. The number of aryl methyl sites for hydroxylation is 1. The molecule has 0 saturated heterocycles. The van der Waals surface area contributed by atoms with Gasteiger partial charge < -0.3 is 19.8 Å². The Balaban J connectivity index is 2.17. The fraction of sp³-hybridized carbons (Fsp3) is 0.304. The number of para-hydroxylation sites is 1. The fourth-order valence-electron chi connectivity index (χ4n) is 3.80. The zero-order valence-electron chi connectivity index (χ0n) is 17.4. The first-order valence-corrected chi connectivity index (χ1v) is 10.6. The van der Waals surface area contributed by atoms with Crippen LogP contribution >= 0.6 is 11.3 Å². The average Bonchev–Trinajstić information content (AvgIpc) is 3.36. The van der Waals surface area contributed by atoms with Gasteiger partial charge in [-0.25, -0.2) is 0 Å². The average molecular weight is 427 g/mol. The van der Waals surface area contributed by atoms with E-state index < -0.39 is 5.91 Å². The SMILES string of the molecule is COC(=O)CCc1c(-c2ccccc2OC)c(C(N)=O)c(C)n1CCc1cccs1. The summed E-state index contributed by atoms with van der Waals surface area (Å²) in [6.07, 6.45) is 1.46. The van der Waals surface area contributed by atoms with E-state index in [0.717, 1.165) is 28.9 Å². The van der Waals surface area contributed by atoms with Gasteiger partial charge in [-0.15, -0.1) is 11.3 Å². The first kappa shape index (κ1) is 21.6. The van der Waals surface area contributed by atoms with Gasteiger partial charge in [0.25, 0.3) is 5.91 Å². The number of nitrogens with zero attached hydrogens (tertiary/aromatic N) is 1. The van der Waals surface area contributed by atoms with Crippen molar-refractivity contribution in [3.8, 4) is 16.9 Å². The lowest BCUT2D eigenvalue weighted by atomic mass is 9.97. The van der Waals surface area contributed by atoms with Crippen LogP contribution in [0.4, 0.5) is 0 Å². The second kappa shape index (κ2) is 9.63. The lowest BCUT2D eigenvalue weighted by Crippen LogP contribution is -2.14. The summed E-state index contributed by atoms with van der Waals surface area (Å²) in [4.78, 5) is 25.6. The fourth-order valence-corrected chi connectivity index (χ4v) is 4.50. The number of ether oxygens (including phenoxy) is 2. The van der Waals surface area contributed by atoms with E-state index in [4.69, 9.17) is 15.2 Å². The van der Waals surface area contributed by atoms with E-state index in [-0.39, 0.29) is 12.4 Å². The summed E-state index contributed by atoms with van der Waals surface area (Å²) < 4.78 is 12.5. The Labute approximate surface area is 180 Å². The van der Waals surface area contributed by atoms with Crippen molar-refractivity contribution in [1.82, 2.24) is 4.57 Å². The Bertz CT molecular complexity index is 1040. The molecule has 2 N–H and O–H groups in total. The second-order valence-electron chi connectivity index (χ2n) is 6.90. The smallest absolute Gasteiger partial charge is 0.305 e. The molecule has 3 rings (SSSR count). The highest BCUT2D eigenvalue weighted by molar-refractivity contribution is 7.09. The van der Waals surface area contributed by atoms with Crippen LogP contribution in [0, 0.1) is 6.92 Å². The Morgan fingerprint density at radius 2 is 1.87 bits per heavy atom. The highest BCUT2D eigenvalue weighted by Crippen LogP contribution is 2.38. The van der Waals surface area contributed by atoms with Gasteiger partial charge in [-0.05, 0) is 37.3 Å². The predicted octanol–water partition coefficient (Wildman–Crippen LogP) is 3.98. The van der Waals surface area contributed by atoms with E-state index in [1.165, 1.54) is 12.0 Å². The Hall–Kier alpha value is -3.06. The third kappa shape index (κ3) is 4.41. The summed E-state index contributed by atoms with van der Waals surface area (Å²) in [5.41, 5.74) is 9.47. The number of methoxy groups -OCH3 is 2. The third-order valence-electron chi connectivity index (χ3n) is 5.21. The second-order valence-corrected chi connectivity index (χ2v) is 7.94. The maximum atomic E-state index is 12.5. The van der Waals surface area contributed by atoms with Crippen LogP contribution in [0.3, 0.4) is 0 Å². The van der Waals surface area contributed by atoms with Crippen LogP contribution in [0.25, 0.3) is 11.1 Å². The molecule has 2 heterocycles. The van der Waals surface area contributed by atoms with E-state index in [0.29, 0.717) is 24.3 Å². The Kier molecular flexibility index (Phi) is 6.95. The van der Waals surface area contributed by atoms with E-state index in [9.17, 15) is 9.59 Å². The van der Waals surface area contributed by atoms with Gasteiger partial charge in [-0.3, -0.25) is 9.59 Å². The Morgan fingerprint density at radius 3 is 2.50 bits per heavy atom. The number of carbonyl (C=O) groups excluding carboxylic acids is 2. The van der Waals surface area contributed by atoms with Crippen LogP contribution in [-0.4, -0.2) is 30.7 Å². The number of hydrogen-bond donors (Lipinski definition) is 1. The number of hydrogen-bond acceptors (Lipinski definition) is 5. The van der Waals surface area contributed by atoms with Crippen molar-refractivity contribution in [2.45, 2.75) is 32.7 Å². The molecule has 0 aliphatic carbocycles. The van der Waals surface area contributed by atoms with Gasteiger partial charge in [-0.1, -0.05) is 24.3 Å². The molecule has 3 aromatic rings. The molecule has 0 bridgehead atoms. The monoisotopic (exact) mass is 426 g/mol. The highest BCUT2D eigenvalue weighted by atomic mass is 32.1. The topological polar surface area (TPSA) is 83.6 Å². The minimum absolute atomic E-state index is 0.208. The number of nitrogens with two attached hydrogens (primary N) is 1. The quantitative estimate of drug-likeness (QED) is 0.525. The predicted molar refractivity (Wildman–Crippen MR) is 118 cm³/mol. The molecule has 1 amide bonds. The Morgan fingerprint density at radius 1 is 1.10 bits per heavy atom. The molecule has 2 aromatic heterocycles. The number of amides is 1. The molecule has 0 radical (unpaired) electrons. The standard InChI is InChI=1S/C23H26N2O4S/c1-15-21(23(24)27)22(17-8-4-5-9-19(17)28-2)18(10-11-20(26)29-3)25(15)13-12-16-7-6-14-30-16/h4-9,14H,10-13H2,1-3H3,(H2,24,27). The minimum atomic E-state index is -0.498. The number of esters is 1. The maximum Gasteiger partial charge on any atom is 0.305 e. The molecule has 0 aliphatic rings. The van der Waals surface area contributed by atoms with Crippen molar-refractivity contribution in [3.63, 3.8) is 0 Å². The molecule has 158 valence electrons. The van der Waals surface area contributed by atoms with Crippen molar-refractivity contribution >= 4 is 23.2 Å². The lowest BCUT2D eigenvalue weighted by molar-refractivity contribution is -0.140. The van der Waals surface area contributed by atoms with Crippen molar-refractivity contribution < 1.29 is 19.1 Å². The molecule has 0 fully saturated rings. The zero-order valence-corrected chi connectivity index (χ0v) is 18.3. The molecule has 30 heavy (non-hydrogen) atoms. The molecule has 6 nitrogen and oxygen atoms in total. The van der Waals surface area contributed by atoms with Crippen LogP contribution in [0.5, 0.6) is 5.75 Å².